The molecular formula is C18H18N2O2S2. The summed E-state index contributed by atoms with van der Waals surface area (Å²) in [6, 6.07) is 11.7. The van der Waals surface area contributed by atoms with Crippen molar-refractivity contribution in [3.63, 3.8) is 0 Å². The van der Waals surface area contributed by atoms with Crippen molar-refractivity contribution in [3.05, 3.63) is 63.5 Å². The highest BCUT2D eigenvalue weighted by atomic mass is 32.1. The third kappa shape index (κ3) is 2.95. The molecule has 0 aliphatic carbocycles. The van der Waals surface area contributed by atoms with Crippen molar-refractivity contribution in [2.24, 2.45) is 0 Å². The first-order valence-corrected chi connectivity index (χ1v) is 8.81. The maximum absolute atomic E-state index is 12.4. The number of carbonyl (C=O) groups is 1. The predicted octanol–water partition coefficient (Wildman–Crippen LogP) is 3.94. The summed E-state index contributed by atoms with van der Waals surface area (Å²) >= 11 is 7.17. The molecule has 0 amide bonds. The highest BCUT2D eigenvalue weighted by Crippen LogP contribution is 2.35. The summed E-state index contributed by atoms with van der Waals surface area (Å²) in [5.74, 6) is -0.349. The first kappa shape index (κ1) is 16.7. The lowest BCUT2D eigenvalue weighted by Crippen LogP contribution is -2.47. The van der Waals surface area contributed by atoms with Crippen LogP contribution in [-0.2, 0) is 9.53 Å². The summed E-state index contributed by atoms with van der Waals surface area (Å²) in [5.41, 5.74) is 3.42. The number of allylic oxidation sites excluding steroid dienone is 1. The van der Waals surface area contributed by atoms with Crippen molar-refractivity contribution < 1.29 is 9.53 Å². The van der Waals surface area contributed by atoms with Gasteiger partial charge in [-0.05, 0) is 55.2 Å². The summed E-state index contributed by atoms with van der Waals surface area (Å²) in [6.45, 7) is 3.93. The first-order valence-electron chi connectivity index (χ1n) is 7.52. The number of esters is 1. The van der Waals surface area contributed by atoms with Gasteiger partial charge in [0, 0.05) is 16.3 Å². The number of carbonyl (C=O) groups excluding carboxylic acids is 1. The van der Waals surface area contributed by atoms with Crippen molar-refractivity contribution in [3.8, 4) is 0 Å². The molecule has 1 N–H and O–H groups in total. The topological polar surface area (TPSA) is 41.6 Å². The van der Waals surface area contributed by atoms with Gasteiger partial charge in [0.05, 0.1) is 18.7 Å². The standard InChI is InChI=1S/C18H18N2O2S2/c1-11-6-4-7-13(10-11)20-12(2)15(17(21)22-3)16(19-18(20)23)14-8-5-9-24-14/h4-10,16H,1-3H3,(H,19,23)/t16-/m1/s1. The van der Waals surface area contributed by atoms with E-state index in [2.05, 4.69) is 5.32 Å². The number of aryl methyl sites for hydroxylation is 1. The molecule has 0 bridgehead atoms. The first-order chi connectivity index (χ1) is 11.5. The maximum Gasteiger partial charge on any atom is 0.338 e. The lowest BCUT2D eigenvalue weighted by atomic mass is 10.00. The van der Waals surface area contributed by atoms with E-state index in [-0.39, 0.29) is 12.0 Å². The molecule has 0 spiro atoms. The third-order valence-corrected chi connectivity index (χ3v) is 5.22. The molecule has 0 radical (unpaired) electrons. The molecule has 0 unspecified atom stereocenters. The normalized spacial score (nSPS) is 17.7. The molecule has 1 aromatic heterocycles. The molecular weight excluding hydrogens is 340 g/mol. The lowest BCUT2D eigenvalue weighted by Gasteiger charge is -2.37. The van der Waals surface area contributed by atoms with E-state index >= 15 is 0 Å². The van der Waals surface area contributed by atoms with Gasteiger partial charge in [-0.25, -0.2) is 4.79 Å². The van der Waals surface area contributed by atoms with Crippen LogP contribution >= 0.6 is 23.6 Å². The van der Waals surface area contributed by atoms with E-state index in [1.54, 1.807) is 11.3 Å². The van der Waals surface area contributed by atoms with Gasteiger partial charge >= 0.3 is 5.97 Å². The summed E-state index contributed by atoms with van der Waals surface area (Å²) in [5, 5.41) is 5.85. The number of nitrogens with one attached hydrogen (secondary N) is 1. The summed E-state index contributed by atoms with van der Waals surface area (Å²) in [4.78, 5) is 15.4. The highest BCUT2D eigenvalue weighted by Gasteiger charge is 2.35. The number of hydrogen-bond donors (Lipinski definition) is 1. The number of nitrogens with zero attached hydrogens (tertiary/aromatic N) is 1. The van der Waals surface area contributed by atoms with Crippen LogP contribution in [0.15, 0.2) is 53.0 Å². The number of methoxy groups -OCH3 is 1. The Morgan fingerprint density at radius 1 is 1.29 bits per heavy atom. The van der Waals surface area contributed by atoms with E-state index in [9.17, 15) is 4.79 Å². The fourth-order valence-corrected chi connectivity index (χ4v) is 4.01. The van der Waals surface area contributed by atoms with Crippen LogP contribution in [0.5, 0.6) is 0 Å². The minimum atomic E-state index is -0.349. The van der Waals surface area contributed by atoms with Gasteiger partial charge in [-0.2, -0.15) is 0 Å². The Morgan fingerprint density at radius 2 is 2.08 bits per heavy atom. The highest BCUT2D eigenvalue weighted by molar-refractivity contribution is 7.80. The van der Waals surface area contributed by atoms with Crippen molar-refractivity contribution in [2.75, 3.05) is 12.0 Å². The Balaban J connectivity index is 2.14. The predicted molar refractivity (Wildman–Crippen MR) is 101 cm³/mol. The molecule has 6 heteroatoms. The Labute approximate surface area is 150 Å². The minimum Gasteiger partial charge on any atom is -0.466 e. The van der Waals surface area contributed by atoms with E-state index in [0.717, 1.165) is 21.8 Å². The second-order valence-electron chi connectivity index (χ2n) is 5.56. The SMILES string of the molecule is COC(=O)C1=C(C)N(c2cccc(C)c2)C(=S)N[C@@H]1c1cccs1. The van der Waals surface area contributed by atoms with Crippen LogP contribution < -0.4 is 10.2 Å². The second kappa shape index (κ2) is 6.75. The van der Waals surface area contributed by atoms with Gasteiger partial charge in [0.2, 0.25) is 0 Å². The quantitative estimate of drug-likeness (QED) is 0.665. The number of ether oxygens (including phenoxy) is 1. The smallest absolute Gasteiger partial charge is 0.338 e. The molecule has 4 nitrogen and oxygen atoms in total. The Bertz CT molecular complexity index is 812. The van der Waals surface area contributed by atoms with Gasteiger partial charge in [-0.3, -0.25) is 4.90 Å². The zero-order valence-electron chi connectivity index (χ0n) is 13.7. The molecule has 1 atom stereocenters. The Kier molecular flexibility index (Phi) is 4.69. The van der Waals surface area contributed by atoms with Crippen LogP contribution in [0.3, 0.4) is 0 Å². The molecule has 1 aliphatic heterocycles. The largest absolute Gasteiger partial charge is 0.466 e. The molecule has 0 saturated heterocycles. The third-order valence-electron chi connectivity index (χ3n) is 3.98. The molecule has 24 heavy (non-hydrogen) atoms. The number of thiocarbonyl (C=S) groups is 1. The van der Waals surface area contributed by atoms with Crippen LogP contribution in [0.2, 0.25) is 0 Å². The van der Waals surface area contributed by atoms with E-state index in [1.807, 2.05) is 60.5 Å². The van der Waals surface area contributed by atoms with Crippen LogP contribution in [-0.4, -0.2) is 18.2 Å². The van der Waals surface area contributed by atoms with Gasteiger partial charge in [0.15, 0.2) is 5.11 Å². The molecule has 2 aromatic rings. The fraction of sp³-hybridized carbons (Fsp3) is 0.222. The number of hydrogen-bond acceptors (Lipinski definition) is 4. The monoisotopic (exact) mass is 358 g/mol. The van der Waals surface area contributed by atoms with E-state index in [0.29, 0.717) is 10.7 Å². The number of thiophene rings is 1. The van der Waals surface area contributed by atoms with Crippen LogP contribution in [0.1, 0.15) is 23.4 Å². The van der Waals surface area contributed by atoms with E-state index in [4.69, 9.17) is 17.0 Å². The van der Waals surface area contributed by atoms with Gasteiger partial charge in [0.25, 0.3) is 0 Å². The number of benzene rings is 1. The average Bonchev–Trinajstić information content (AvgIpc) is 3.08. The van der Waals surface area contributed by atoms with Gasteiger partial charge in [-0.1, -0.05) is 18.2 Å². The molecule has 0 fully saturated rings. The van der Waals surface area contributed by atoms with Crippen LogP contribution in [0.4, 0.5) is 5.69 Å². The van der Waals surface area contributed by atoms with Crippen LogP contribution in [0.25, 0.3) is 0 Å². The van der Waals surface area contributed by atoms with Gasteiger partial charge < -0.3 is 10.1 Å². The zero-order chi connectivity index (χ0) is 17.3. The fourth-order valence-electron chi connectivity index (χ4n) is 2.86. The average molecular weight is 358 g/mol. The molecule has 124 valence electrons. The van der Waals surface area contributed by atoms with Gasteiger partial charge in [-0.15, -0.1) is 11.3 Å². The van der Waals surface area contributed by atoms with E-state index in [1.165, 1.54) is 7.11 Å². The molecule has 1 aliphatic rings. The second-order valence-corrected chi connectivity index (χ2v) is 6.93. The number of anilines is 1. The minimum absolute atomic E-state index is 0.286. The molecule has 3 rings (SSSR count). The maximum atomic E-state index is 12.4. The Hall–Kier alpha value is -2.18. The summed E-state index contributed by atoms with van der Waals surface area (Å²) < 4.78 is 5.03. The van der Waals surface area contributed by atoms with Crippen molar-refractivity contribution in [2.45, 2.75) is 19.9 Å². The van der Waals surface area contributed by atoms with Crippen molar-refractivity contribution >= 4 is 40.3 Å². The molecule has 2 heterocycles. The lowest BCUT2D eigenvalue weighted by molar-refractivity contribution is -0.136. The van der Waals surface area contributed by atoms with Crippen LogP contribution in [0, 0.1) is 6.92 Å². The van der Waals surface area contributed by atoms with Crippen molar-refractivity contribution in [1.29, 1.82) is 0 Å². The van der Waals surface area contributed by atoms with Crippen molar-refractivity contribution in [1.82, 2.24) is 5.32 Å². The summed E-state index contributed by atoms with van der Waals surface area (Å²) in [7, 11) is 1.40. The Morgan fingerprint density at radius 3 is 2.71 bits per heavy atom. The van der Waals surface area contributed by atoms with Gasteiger partial charge in [0.1, 0.15) is 0 Å². The molecule has 0 saturated carbocycles. The molecule has 1 aromatic carbocycles. The summed E-state index contributed by atoms with van der Waals surface area (Å²) in [6.07, 6.45) is 0. The van der Waals surface area contributed by atoms with E-state index < -0.39 is 0 Å². The number of rotatable bonds is 3. The zero-order valence-corrected chi connectivity index (χ0v) is 15.3.